The number of thioether (sulfide) groups is 3. The number of benzene rings is 1. The zero-order chi connectivity index (χ0) is 16.9. The first-order valence-electron chi connectivity index (χ1n) is 7.67. The van der Waals surface area contributed by atoms with Crippen LogP contribution in [0.25, 0.3) is 0 Å². The maximum Gasteiger partial charge on any atom is 0.277 e. The van der Waals surface area contributed by atoms with Gasteiger partial charge < -0.3 is 9.32 Å². The lowest BCUT2D eigenvalue weighted by Crippen LogP contribution is -2.33. The standard InChI is InChI=1S/C16H19N3O2S3/c1-11-7-8-19(12-5-3-4-6-13(12)24-11)15(20)10-23-16-18-17-14(21-16)9-22-2/h3-6,11H,7-10H2,1-2H3/t11-/m0/s1. The topological polar surface area (TPSA) is 59.2 Å². The van der Waals surface area contributed by atoms with Crippen LogP contribution < -0.4 is 4.90 Å². The van der Waals surface area contributed by atoms with E-state index in [-0.39, 0.29) is 5.91 Å². The fraction of sp³-hybridized carbons (Fsp3) is 0.438. The lowest BCUT2D eigenvalue weighted by Gasteiger charge is -2.22. The summed E-state index contributed by atoms with van der Waals surface area (Å²) >= 11 is 4.76. The summed E-state index contributed by atoms with van der Waals surface area (Å²) in [5, 5.41) is 8.91. The molecule has 0 unspecified atom stereocenters. The van der Waals surface area contributed by atoms with Crippen molar-refractivity contribution in [2.24, 2.45) is 0 Å². The molecular weight excluding hydrogens is 362 g/mol. The van der Waals surface area contributed by atoms with E-state index in [1.54, 1.807) is 11.8 Å². The van der Waals surface area contributed by atoms with Crippen molar-refractivity contribution < 1.29 is 9.21 Å². The van der Waals surface area contributed by atoms with E-state index in [9.17, 15) is 4.79 Å². The Morgan fingerprint density at radius 3 is 3.08 bits per heavy atom. The van der Waals surface area contributed by atoms with Gasteiger partial charge in [0.05, 0.1) is 17.2 Å². The van der Waals surface area contributed by atoms with Crippen LogP contribution in [0, 0.1) is 0 Å². The van der Waals surface area contributed by atoms with Gasteiger partial charge in [0.25, 0.3) is 5.22 Å². The predicted molar refractivity (Wildman–Crippen MR) is 101 cm³/mol. The van der Waals surface area contributed by atoms with E-state index in [0.29, 0.717) is 27.9 Å². The third-order valence-corrected chi connectivity index (χ3v) is 6.16. The molecule has 0 saturated carbocycles. The molecular formula is C16H19N3O2S3. The van der Waals surface area contributed by atoms with E-state index in [2.05, 4.69) is 23.2 Å². The number of nitrogens with zero attached hydrogens (tertiary/aromatic N) is 3. The average molecular weight is 382 g/mol. The van der Waals surface area contributed by atoms with Crippen LogP contribution in [0.5, 0.6) is 0 Å². The fourth-order valence-electron chi connectivity index (χ4n) is 2.43. The first-order valence-corrected chi connectivity index (χ1v) is 10.9. The van der Waals surface area contributed by atoms with Crippen molar-refractivity contribution in [2.45, 2.75) is 34.5 Å². The summed E-state index contributed by atoms with van der Waals surface area (Å²) in [6, 6.07) is 8.11. The molecule has 8 heteroatoms. The molecule has 3 rings (SSSR count). The number of hydrogen-bond acceptors (Lipinski definition) is 7. The molecule has 0 bridgehead atoms. The smallest absolute Gasteiger partial charge is 0.277 e. The van der Waals surface area contributed by atoms with Gasteiger partial charge in [-0.05, 0) is 24.8 Å². The maximum atomic E-state index is 12.7. The van der Waals surface area contributed by atoms with E-state index >= 15 is 0 Å². The Labute approximate surface area is 154 Å². The number of carbonyl (C=O) groups is 1. The normalized spacial score (nSPS) is 17.4. The number of hydrogen-bond donors (Lipinski definition) is 0. The molecule has 0 N–H and O–H groups in total. The van der Waals surface area contributed by atoms with Crippen molar-refractivity contribution in [3.8, 4) is 0 Å². The summed E-state index contributed by atoms with van der Waals surface area (Å²) < 4.78 is 5.52. The van der Waals surface area contributed by atoms with Gasteiger partial charge in [-0.15, -0.1) is 22.0 Å². The van der Waals surface area contributed by atoms with Crippen LogP contribution in [0.3, 0.4) is 0 Å². The highest BCUT2D eigenvalue weighted by molar-refractivity contribution is 8.00. The van der Waals surface area contributed by atoms with Crippen LogP contribution >= 0.6 is 35.3 Å². The summed E-state index contributed by atoms with van der Waals surface area (Å²) in [6.45, 7) is 2.95. The average Bonchev–Trinajstić information content (AvgIpc) is 2.94. The Morgan fingerprint density at radius 2 is 2.25 bits per heavy atom. The number of para-hydroxylation sites is 1. The SMILES string of the molecule is CSCc1nnc(SCC(=O)N2CC[C@H](C)Sc3ccccc32)o1. The van der Waals surface area contributed by atoms with E-state index in [0.717, 1.165) is 18.7 Å². The Morgan fingerprint density at radius 1 is 1.42 bits per heavy atom. The molecule has 1 amide bonds. The van der Waals surface area contributed by atoms with Crippen molar-refractivity contribution >= 4 is 46.9 Å². The van der Waals surface area contributed by atoms with Crippen LogP contribution in [0.4, 0.5) is 5.69 Å². The number of amides is 1. The lowest BCUT2D eigenvalue weighted by atomic mass is 10.2. The van der Waals surface area contributed by atoms with Crippen molar-refractivity contribution in [2.75, 3.05) is 23.5 Å². The van der Waals surface area contributed by atoms with Crippen molar-refractivity contribution in [1.29, 1.82) is 0 Å². The number of rotatable bonds is 5. The van der Waals surface area contributed by atoms with Crippen molar-refractivity contribution in [3.63, 3.8) is 0 Å². The third-order valence-electron chi connectivity index (χ3n) is 3.58. The van der Waals surface area contributed by atoms with Crippen LogP contribution in [0.15, 0.2) is 38.8 Å². The third kappa shape index (κ3) is 4.29. The minimum atomic E-state index is 0.0757. The molecule has 24 heavy (non-hydrogen) atoms. The minimum absolute atomic E-state index is 0.0757. The number of fused-ring (bicyclic) bond motifs is 1. The Hall–Kier alpha value is -1.12. The quantitative estimate of drug-likeness (QED) is 0.727. The number of carbonyl (C=O) groups excluding carboxylic acids is 1. The molecule has 0 spiro atoms. The van der Waals surface area contributed by atoms with E-state index in [1.165, 1.54) is 16.7 Å². The summed E-state index contributed by atoms with van der Waals surface area (Å²) in [4.78, 5) is 15.8. The Kier molecular flexibility index (Phi) is 6.13. The highest BCUT2D eigenvalue weighted by atomic mass is 32.2. The highest BCUT2D eigenvalue weighted by Gasteiger charge is 2.24. The molecule has 0 fully saturated rings. The van der Waals surface area contributed by atoms with Gasteiger partial charge in [-0.3, -0.25) is 4.79 Å². The van der Waals surface area contributed by atoms with Crippen LogP contribution in [0.2, 0.25) is 0 Å². The van der Waals surface area contributed by atoms with Gasteiger partial charge in [0, 0.05) is 16.7 Å². The summed E-state index contributed by atoms with van der Waals surface area (Å²) in [5.74, 6) is 1.67. The second-order valence-electron chi connectivity index (χ2n) is 5.41. The van der Waals surface area contributed by atoms with Crippen molar-refractivity contribution in [3.05, 3.63) is 30.2 Å². The van der Waals surface area contributed by atoms with Crippen LogP contribution in [-0.2, 0) is 10.5 Å². The zero-order valence-electron chi connectivity index (χ0n) is 13.6. The molecule has 0 radical (unpaired) electrons. The minimum Gasteiger partial charge on any atom is -0.415 e. The second-order valence-corrected chi connectivity index (χ2v) is 8.69. The molecule has 2 aromatic rings. The molecule has 1 aliphatic heterocycles. The molecule has 128 valence electrons. The van der Waals surface area contributed by atoms with Gasteiger partial charge in [-0.2, -0.15) is 11.8 Å². The molecule has 1 atom stereocenters. The number of aromatic nitrogens is 2. The zero-order valence-corrected chi connectivity index (χ0v) is 16.0. The maximum absolute atomic E-state index is 12.7. The van der Waals surface area contributed by atoms with Crippen molar-refractivity contribution in [1.82, 2.24) is 10.2 Å². The highest BCUT2D eigenvalue weighted by Crippen LogP contribution is 2.37. The molecule has 1 aromatic carbocycles. The second kappa shape index (κ2) is 8.31. The van der Waals surface area contributed by atoms with Gasteiger partial charge >= 0.3 is 0 Å². The van der Waals surface area contributed by atoms with Gasteiger partial charge in [0.2, 0.25) is 11.8 Å². The first kappa shape index (κ1) is 17.7. The Balaban J connectivity index is 1.67. The summed E-state index contributed by atoms with van der Waals surface area (Å²) in [7, 11) is 0. The van der Waals surface area contributed by atoms with Gasteiger partial charge in [0.1, 0.15) is 0 Å². The molecule has 2 heterocycles. The predicted octanol–water partition coefficient (Wildman–Crippen LogP) is 3.94. The fourth-order valence-corrected chi connectivity index (χ4v) is 4.56. The lowest BCUT2D eigenvalue weighted by molar-refractivity contribution is -0.116. The largest absolute Gasteiger partial charge is 0.415 e. The molecule has 0 saturated heterocycles. The van der Waals surface area contributed by atoms with Gasteiger partial charge in [-0.1, -0.05) is 30.8 Å². The van der Waals surface area contributed by atoms with Gasteiger partial charge in [-0.25, -0.2) is 0 Å². The summed E-state index contributed by atoms with van der Waals surface area (Å²) in [5.41, 5.74) is 1.01. The first-order chi connectivity index (χ1) is 11.7. The van der Waals surface area contributed by atoms with Crippen LogP contribution in [0.1, 0.15) is 19.2 Å². The monoisotopic (exact) mass is 381 g/mol. The number of anilines is 1. The Bertz CT molecular complexity index is 707. The molecule has 0 aliphatic carbocycles. The van der Waals surface area contributed by atoms with Crippen LogP contribution in [-0.4, -0.2) is 39.9 Å². The molecule has 1 aliphatic rings. The van der Waals surface area contributed by atoms with E-state index < -0.39 is 0 Å². The van der Waals surface area contributed by atoms with E-state index in [4.69, 9.17) is 4.42 Å². The summed E-state index contributed by atoms with van der Waals surface area (Å²) in [6.07, 6.45) is 2.96. The molecule has 1 aromatic heterocycles. The van der Waals surface area contributed by atoms with Gasteiger partial charge in [0.15, 0.2) is 0 Å². The van der Waals surface area contributed by atoms with E-state index in [1.807, 2.05) is 41.1 Å². The molecule has 5 nitrogen and oxygen atoms in total.